The van der Waals surface area contributed by atoms with Gasteiger partial charge in [0.1, 0.15) is 0 Å². The van der Waals surface area contributed by atoms with Crippen molar-refractivity contribution in [3.05, 3.63) is 0 Å². The third-order valence-corrected chi connectivity index (χ3v) is 23.0. The van der Waals surface area contributed by atoms with Crippen LogP contribution in [0.1, 0.15) is 169 Å². The van der Waals surface area contributed by atoms with E-state index < -0.39 is 0 Å². The SMILES string of the molecule is CC(C)N1CCC(CN2CC3(C2)CN(C(C)C)C3)CC1.CC(C)N1CCC(CN2CC3CC2CN3C(C)C)CC1.CC(C)N1CCC(CN2CC3CN(C(C)C)CC3C2)CC1.CC(C)N1CCC(CN2CCN(C(C)C)CC2)CC1. The Balaban J connectivity index is 0.000000140. The van der Waals surface area contributed by atoms with Crippen molar-refractivity contribution in [3.63, 3.8) is 0 Å². The molecule has 11 rings (SSSR count). The molecule has 11 aliphatic heterocycles. The number of hydrogen-bond acceptors (Lipinski definition) is 12. The maximum atomic E-state index is 2.82. The van der Waals surface area contributed by atoms with Crippen LogP contribution < -0.4 is 0 Å². The van der Waals surface area contributed by atoms with Crippen molar-refractivity contribution in [1.82, 2.24) is 58.8 Å². The first kappa shape index (κ1) is 65.5. The van der Waals surface area contributed by atoms with Crippen molar-refractivity contribution in [1.29, 1.82) is 0 Å². The first-order chi connectivity index (χ1) is 38.1. The van der Waals surface area contributed by atoms with E-state index >= 15 is 0 Å². The zero-order valence-corrected chi connectivity index (χ0v) is 55.9. The van der Waals surface area contributed by atoms with Gasteiger partial charge < -0.3 is 39.2 Å². The number of nitrogens with zero attached hydrogens (tertiary/aromatic N) is 12. The smallest absolute Gasteiger partial charge is 0.0242 e. The Morgan fingerprint density at radius 2 is 0.637 bits per heavy atom. The number of rotatable bonds is 16. The van der Waals surface area contributed by atoms with E-state index in [1.54, 1.807) is 0 Å². The number of piperazine rings is 2. The second-order valence-corrected chi connectivity index (χ2v) is 31.5. The number of piperidine rings is 4. The van der Waals surface area contributed by atoms with Crippen LogP contribution in [0.15, 0.2) is 0 Å². The molecule has 12 heteroatoms. The molecule has 0 saturated carbocycles. The highest BCUT2D eigenvalue weighted by Crippen LogP contribution is 2.42. The highest BCUT2D eigenvalue weighted by atomic mass is 15.4. The lowest BCUT2D eigenvalue weighted by atomic mass is 9.71. The third-order valence-electron chi connectivity index (χ3n) is 23.0. The molecule has 80 heavy (non-hydrogen) atoms. The van der Waals surface area contributed by atoms with Crippen LogP contribution in [0.4, 0.5) is 0 Å². The minimum atomic E-state index is 0.697. The summed E-state index contributed by atoms with van der Waals surface area (Å²) in [5.74, 6) is 5.74. The Kier molecular flexibility index (Phi) is 24.9. The minimum Gasteiger partial charge on any atom is -0.302 e. The van der Waals surface area contributed by atoms with E-state index in [4.69, 9.17) is 0 Å². The molecule has 4 atom stereocenters. The van der Waals surface area contributed by atoms with Gasteiger partial charge in [0.05, 0.1) is 0 Å². The second kappa shape index (κ2) is 30.4. The van der Waals surface area contributed by atoms with Gasteiger partial charge in [-0.05, 0) is 256 Å². The second-order valence-electron chi connectivity index (χ2n) is 31.5. The monoisotopic (exact) mass is 1120 g/mol. The van der Waals surface area contributed by atoms with Crippen molar-refractivity contribution in [2.24, 2.45) is 40.9 Å². The molecule has 0 N–H and O–H groups in total. The third kappa shape index (κ3) is 18.3. The average molecular weight is 1120 g/mol. The van der Waals surface area contributed by atoms with Gasteiger partial charge in [0.2, 0.25) is 0 Å². The fourth-order valence-corrected chi connectivity index (χ4v) is 17.2. The molecule has 4 unspecified atom stereocenters. The Hall–Kier alpha value is -0.480. The quantitative estimate of drug-likeness (QED) is 0.148. The molecule has 11 saturated heterocycles. The van der Waals surface area contributed by atoms with Gasteiger partial charge in [-0.3, -0.25) is 19.6 Å². The molecule has 11 heterocycles. The summed E-state index contributed by atoms with van der Waals surface area (Å²) in [6.07, 6.45) is 12.7. The molecular weight excluding hydrogens is 985 g/mol. The molecule has 1 spiro atoms. The van der Waals surface area contributed by atoms with E-state index in [0.717, 1.165) is 95.9 Å². The summed E-state index contributed by atoms with van der Waals surface area (Å²) >= 11 is 0. The van der Waals surface area contributed by atoms with Crippen LogP contribution in [-0.4, -0.2) is 289 Å². The molecule has 466 valence electrons. The zero-order valence-electron chi connectivity index (χ0n) is 55.9. The first-order valence-corrected chi connectivity index (χ1v) is 35.0. The summed E-state index contributed by atoms with van der Waals surface area (Å²) in [6, 6.07) is 7.60. The van der Waals surface area contributed by atoms with E-state index in [0.29, 0.717) is 5.41 Å². The topological polar surface area (TPSA) is 38.9 Å². The summed E-state index contributed by atoms with van der Waals surface area (Å²) in [5.41, 5.74) is 0.697. The van der Waals surface area contributed by atoms with Gasteiger partial charge in [-0.25, -0.2) is 0 Å². The lowest BCUT2D eigenvalue weighted by molar-refractivity contribution is -0.130. The summed E-state index contributed by atoms with van der Waals surface area (Å²) in [4.78, 5) is 32.3. The van der Waals surface area contributed by atoms with E-state index in [9.17, 15) is 0 Å². The lowest BCUT2D eigenvalue weighted by Gasteiger charge is -2.62. The van der Waals surface area contributed by atoms with Crippen molar-refractivity contribution in [2.45, 2.75) is 229 Å². The van der Waals surface area contributed by atoms with Crippen LogP contribution >= 0.6 is 0 Å². The molecule has 0 aromatic carbocycles. The van der Waals surface area contributed by atoms with Gasteiger partial charge in [0.25, 0.3) is 0 Å². The van der Waals surface area contributed by atoms with Gasteiger partial charge in [-0.15, -0.1) is 0 Å². The van der Waals surface area contributed by atoms with E-state index in [-0.39, 0.29) is 0 Å². The molecule has 0 aliphatic carbocycles. The van der Waals surface area contributed by atoms with E-state index in [1.165, 1.54) is 228 Å². The van der Waals surface area contributed by atoms with Crippen molar-refractivity contribution in [2.75, 3.05) is 170 Å². The molecule has 0 aromatic heterocycles. The van der Waals surface area contributed by atoms with Gasteiger partial charge in [-0.1, -0.05) is 0 Å². The van der Waals surface area contributed by atoms with E-state index in [1.807, 2.05) is 0 Å². The van der Waals surface area contributed by atoms with Gasteiger partial charge in [-0.2, -0.15) is 0 Å². The normalized spacial score (nSPS) is 30.6. The highest BCUT2D eigenvalue weighted by Gasteiger charge is 2.52. The summed E-state index contributed by atoms with van der Waals surface area (Å²) in [5, 5.41) is 0. The number of fused-ring (bicyclic) bond motifs is 3. The van der Waals surface area contributed by atoms with Crippen LogP contribution in [0.5, 0.6) is 0 Å². The van der Waals surface area contributed by atoms with Gasteiger partial charge in [0, 0.05) is 184 Å². The molecular formula is C68H134N12. The number of likely N-dealkylation sites (tertiary alicyclic amines) is 10. The molecule has 0 amide bonds. The summed E-state index contributed by atoms with van der Waals surface area (Å²) in [6.45, 7) is 72.0. The number of hydrogen-bond donors (Lipinski definition) is 0. The summed E-state index contributed by atoms with van der Waals surface area (Å²) < 4.78 is 0. The fraction of sp³-hybridized carbons (Fsp3) is 1.00. The van der Waals surface area contributed by atoms with Crippen LogP contribution in [0, 0.1) is 40.9 Å². The molecule has 11 aliphatic rings. The van der Waals surface area contributed by atoms with Crippen molar-refractivity contribution < 1.29 is 0 Å². The van der Waals surface area contributed by atoms with E-state index in [2.05, 4.69) is 170 Å². The van der Waals surface area contributed by atoms with Crippen molar-refractivity contribution in [3.8, 4) is 0 Å². The fourth-order valence-electron chi connectivity index (χ4n) is 17.2. The molecule has 11 fully saturated rings. The standard InChI is InChI=1S/C18H35N3.2C17H33N3.C16H33N3/c1-14(2)20-7-5-16(6-8-20)9-19-10-17-12-21(15(3)4)13-18(17)11-19;1-14(2)19-7-5-16(6-8-19)9-18-10-17(11-18)12-20(13-17)15(3)4;1-13(2)18-7-5-15(6-8-18)10-19-11-17-9-16(19)12-20(17)14(3)4;1-14(2)18-7-5-16(6-8-18)13-17-9-11-19(12-10-17)15(3)4/h14-18H,5-13H2,1-4H3;14-16H,5-13H2,1-4H3;13-17H,5-12H2,1-4H3;14-16H,5-13H2,1-4H3. The Morgan fingerprint density at radius 1 is 0.287 bits per heavy atom. The average Bonchev–Trinajstić information content (AvgIpc) is 4.20. The summed E-state index contributed by atoms with van der Waals surface area (Å²) in [7, 11) is 0. The highest BCUT2D eigenvalue weighted by molar-refractivity contribution is 5.07. The Morgan fingerprint density at radius 3 is 0.988 bits per heavy atom. The molecule has 12 nitrogen and oxygen atoms in total. The maximum Gasteiger partial charge on any atom is 0.0242 e. The molecule has 0 aromatic rings. The largest absolute Gasteiger partial charge is 0.302 e. The van der Waals surface area contributed by atoms with Crippen LogP contribution in [-0.2, 0) is 0 Å². The van der Waals surface area contributed by atoms with Gasteiger partial charge >= 0.3 is 0 Å². The Bertz CT molecular complexity index is 1680. The molecule has 2 bridgehead atoms. The first-order valence-electron chi connectivity index (χ1n) is 35.0. The van der Waals surface area contributed by atoms with Crippen LogP contribution in [0.2, 0.25) is 0 Å². The van der Waals surface area contributed by atoms with Gasteiger partial charge in [0.15, 0.2) is 0 Å². The maximum absolute atomic E-state index is 2.82. The van der Waals surface area contributed by atoms with Crippen LogP contribution in [0.3, 0.4) is 0 Å². The Labute approximate surface area is 496 Å². The minimum absolute atomic E-state index is 0.697. The lowest BCUT2D eigenvalue weighted by Crippen LogP contribution is -2.73. The predicted octanol–water partition coefficient (Wildman–Crippen LogP) is 8.92. The molecule has 0 radical (unpaired) electrons. The predicted molar refractivity (Wildman–Crippen MR) is 342 cm³/mol. The zero-order chi connectivity index (χ0) is 57.4. The van der Waals surface area contributed by atoms with Crippen molar-refractivity contribution >= 4 is 0 Å². The van der Waals surface area contributed by atoms with Crippen LogP contribution in [0.25, 0.3) is 0 Å².